The van der Waals surface area contributed by atoms with Gasteiger partial charge in [0.15, 0.2) is 0 Å². The summed E-state index contributed by atoms with van der Waals surface area (Å²) in [6, 6.07) is 10.2. The molecular formula is C16H16N4. The maximum Gasteiger partial charge on any atom is 0.206 e. The van der Waals surface area contributed by atoms with Gasteiger partial charge in [-0.05, 0) is 25.7 Å². The van der Waals surface area contributed by atoms with Gasteiger partial charge in [0.2, 0.25) is 5.95 Å². The molecule has 0 atom stereocenters. The molecule has 0 amide bonds. The van der Waals surface area contributed by atoms with Gasteiger partial charge in [0.1, 0.15) is 5.65 Å². The maximum absolute atomic E-state index is 6.08. The summed E-state index contributed by atoms with van der Waals surface area (Å²) in [4.78, 5) is 9.35. The second-order valence-corrected chi connectivity index (χ2v) is 5.29. The third-order valence-corrected chi connectivity index (χ3v) is 3.98. The Morgan fingerprint density at radius 3 is 2.65 bits per heavy atom. The average Bonchev–Trinajstić information content (AvgIpc) is 2.94. The fourth-order valence-corrected chi connectivity index (χ4v) is 2.96. The normalized spacial score (nSPS) is 14.4. The van der Waals surface area contributed by atoms with Gasteiger partial charge in [-0.15, -0.1) is 0 Å². The smallest absolute Gasteiger partial charge is 0.206 e. The van der Waals surface area contributed by atoms with Gasteiger partial charge < -0.3 is 5.73 Å². The second kappa shape index (κ2) is 4.34. The van der Waals surface area contributed by atoms with Crippen molar-refractivity contribution in [1.29, 1.82) is 0 Å². The van der Waals surface area contributed by atoms with E-state index in [-0.39, 0.29) is 0 Å². The summed E-state index contributed by atoms with van der Waals surface area (Å²) >= 11 is 0. The average molecular weight is 264 g/mol. The summed E-state index contributed by atoms with van der Waals surface area (Å²) in [5.41, 5.74) is 11.5. The molecule has 0 saturated heterocycles. The van der Waals surface area contributed by atoms with Crippen molar-refractivity contribution in [2.24, 2.45) is 0 Å². The molecule has 2 heterocycles. The van der Waals surface area contributed by atoms with Gasteiger partial charge in [0, 0.05) is 17.3 Å². The standard InChI is InChI=1S/C16H16N4/c17-16-19-13-9-5-4-8-12(13)15-18-14(10-20(15)16)11-6-2-1-3-7-11/h1-3,6-7,10H,4-5,8-9H2,(H2,17,19). The first-order valence-electron chi connectivity index (χ1n) is 7.04. The predicted molar refractivity (Wildman–Crippen MR) is 79.5 cm³/mol. The van der Waals surface area contributed by atoms with Crippen molar-refractivity contribution in [1.82, 2.24) is 14.4 Å². The van der Waals surface area contributed by atoms with E-state index in [1.165, 1.54) is 18.4 Å². The van der Waals surface area contributed by atoms with Crippen LogP contribution in [0, 0.1) is 0 Å². The van der Waals surface area contributed by atoms with Gasteiger partial charge >= 0.3 is 0 Å². The van der Waals surface area contributed by atoms with Gasteiger partial charge in [0.25, 0.3) is 0 Å². The van der Waals surface area contributed by atoms with Gasteiger partial charge in [-0.3, -0.25) is 4.40 Å². The SMILES string of the molecule is Nc1nc2c(c3nc(-c4ccccc4)cn13)CCCC2. The monoisotopic (exact) mass is 264 g/mol. The molecule has 0 saturated carbocycles. The number of hydrogen-bond donors (Lipinski definition) is 1. The van der Waals surface area contributed by atoms with Crippen LogP contribution >= 0.6 is 0 Å². The Morgan fingerprint density at radius 2 is 1.80 bits per heavy atom. The Bertz CT molecular complexity index is 774. The molecule has 0 radical (unpaired) electrons. The van der Waals surface area contributed by atoms with Crippen LogP contribution in [0.3, 0.4) is 0 Å². The highest BCUT2D eigenvalue weighted by atomic mass is 15.1. The first kappa shape index (κ1) is 11.5. The van der Waals surface area contributed by atoms with Crippen LogP contribution in [0.15, 0.2) is 36.5 Å². The summed E-state index contributed by atoms with van der Waals surface area (Å²) in [6.07, 6.45) is 6.46. The highest BCUT2D eigenvalue weighted by Crippen LogP contribution is 2.27. The number of aromatic nitrogens is 3. The largest absolute Gasteiger partial charge is 0.369 e. The zero-order chi connectivity index (χ0) is 13.5. The lowest BCUT2D eigenvalue weighted by Gasteiger charge is -2.15. The quantitative estimate of drug-likeness (QED) is 0.735. The fourth-order valence-electron chi connectivity index (χ4n) is 2.96. The van der Waals surface area contributed by atoms with Crippen LogP contribution in [0.4, 0.5) is 5.95 Å². The van der Waals surface area contributed by atoms with E-state index in [0.29, 0.717) is 5.95 Å². The number of rotatable bonds is 1. The molecule has 4 rings (SSSR count). The number of nitrogen functional groups attached to an aromatic ring is 1. The van der Waals surface area contributed by atoms with E-state index in [1.807, 2.05) is 28.8 Å². The Kier molecular flexibility index (Phi) is 2.49. The van der Waals surface area contributed by atoms with Crippen molar-refractivity contribution >= 4 is 11.6 Å². The lowest BCUT2D eigenvalue weighted by atomic mass is 9.97. The molecule has 4 nitrogen and oxygen atoms in total. The lowest BCUT2D eigenvalue weighted by molar-refractivity contribution is 0.666. The molecule has 0 aliphatic heterocycles. The van der Waals surface area contributed by atoms with Gasteiger partial charge in [0.05, 0.1) is 11.4 Å². The van der Waals surface area contributed by atoms with Gasteiger partial charge in [-0.1, -0.05) is 30.3 Å². The fraction of sp³-hybridized carbons (Fsp3) is 0.250. The highest BCUT2D eigenvalue weighted by molar-refractivity contribution is 5.66. The lowest BCUT2D eigenvalue weighted by Crippen LogP contribution is -2.11. The van der Waals surface area contributed by atoms with Crippen LogP contribution in [-0.2, 0) is 12.8 Å². The zero-order valence-electron chi connectivity index (χ0n) is 11.2. The van der Waals surface area contributed by atoms with E-state index in [0.717, 1.165) is 35.4 Å². The van der Waals surface area contributed by atoms with Crippen molar-refractivity contribution in [2.45, 2.75) is 25.7 Å². The van der Waals surface area contributed by atoms with Crippen LogP contribution < -0.4 is 5.73 Å². The highest BCUT2D eigenvalue weighted by Gasteiger charge is 2.18. The third-order valence-electron chi connectivity index (χ3n) is 3.98. The predicted octanol–water partition coefficient (Wildman–Crippen LogP) is 2.86. The van der Waals surface area contributed by atoms with E-state index in [2.05, 4.69) is 17.1 Å². The van der Waals surface area contributed by atoms with E-state index < -0.39 is 0 Å². The number of imidazole rings is 1. The van der Waals surface area contributed by atoms with Crippen LogP contribution in [0.2, 0.25) is 0 Å². The van der Waals surface area contributed by atoms with E-state index in [1.54, 1.807) is 0 Å². The van der Waals surface area contributed by atoms with Crippen LogP contribution in [0.5, 0.6) is 0 Å². The molecule has 3 aromatic rings. The van der Waals surface area contributed by atoms with Crippen molar-refractivity contribution in [3.05, 3.63) is 47.8 Å². The Labute approximate surface area is 117 Å². The van der Waals surface area contributed by atoms with Crippen molar-refractivity contribution < 1.29 is 0 Å². The second-order valence-electron chi connectivity index (χ2n) is 5.29. The van der Waals surface area contributed by atoms with Gasteiger partial charge in [-0.2, -0.15) is 0 Å². The Balaban J connectivity index is 1.97. The number of nitrogens with two attached hydrogens (primary N) is 1. The number of benzene rings is 1. The third kappa shape index (κ3) is 1.68. The van der Waals surface area contributed by atoms with E-state index in [9.17, 15) is 0 Å². The summed E-state index contributed by atoms with van der Waals surface area (Å²) in [7, 11) is 0. The summed E-state index contributed by atoms with van der Waals surface area (Å²) in [6.45, 7) is 0. The summed E-state index contributed by atoms with van der Waals surface area (Å²) in [5, 5.41) is 0. The number of nitrogens with zero attached hydrogens (tertiary/aromatic N) is 3. The summed E-state index contributed by atoms with van der Waals surface area (Å²) in [5.74, 6) is 0.537. The molecule has 0 fully saturated rings. The molecule has 1 aliphatic carbocycles. The molecule has 4 heteroatoms. The molecule has 2 aromatic heterocycles. The Morgan fingerprint density at radius 1 is 1.00 bits per heavy atom. The molecule has 0 bridgehead atoms. The van der Waals surface area contributed by atoms with Crippen LogP contribution in [0.1, 0.15) is 24.1 Å². The minimum Gasteiger partial charge on any atom is -0.369 e. The Hall–Kier alpha value is -2.36. The van der Waals surface area contributed by atoms with Gasteiger partial charge in [-0.25, -0.2) is 9.97 Å². The number of fused-ring (bicyclic) bond motifs is 3. The van der Waals surface area contributed by atoms with E-state index in [4.69, 9.17) is 10.7 Å². The first-order valence-corrected chi connectivity index (χ1v) is 7.04. The number of anilines is 1. The first-order chi connectivity index (χ1) is 9.83. The van der Waals surface area contributed by atoms with Crippen molar-refractivity contribution in [2.75, 3.05) is 5.73 Å². The molecule has 2 N–H and O–H groups in total. The molecule has 0 spiro atoms. The van der Waals surface area contributed by atoms with Crippen LogP contribution in [0.25, 0.3) is 16.9 Å². The zero-order valence-corrected chi connectivity index (χ0v) is 11.2. The van der Waals surface area contributed by atoms with E-state index >= 15 is 0 Å². The van der Waals surface area contributed by atoms with Crippen molar-refractivity contribution in [3.63, 3.8) is 0 Å². The molecule has 1 aromatic carbocycles. The molecule has 0 unspecified atom stereocenters. The molecule has 1 aliphatic rings. The molecule has 20 heavy (non-hydrogen) atoms. The maximum atomic E-state index is 6.08. The minimum atomic E-state index is 0.537. The minimum absolute atomic E-state index is 0.537. The number of aryl methyl sites for hydroxylation is 2. The topological polar surface area (TPSA) is 56.2 Å². The molecule has 100 valence electrons. The molecular weight excluding hydrogens is 248 g/mol. The van der Waals surface area contributed by atoms with Crippen LogP contribution in [-0.4, -0.2) is 14.4 Å². The van der Waals surface area contributed by atoms with Crippen molar-refractivity contribution in [3.8, 4) is 11.3 Å². The summed E-state index contributed by atoms with van der Waals surface area (Å²) < 4.78 is 1.92. The number of hydrogen-bond acceptors (Lipinski definition) is 3.